The maximum Gasteiger partial charge on any atom is 0.249 e. The van der Waals surface area contributed by atoms with Crippen molar-refractivity contribution in [3.63, 3.8) is 0 Å². The van der Waals surface area contributed by atoms with Crippen molar-refractivity contribution in [1.29, 1.82) is 0 Å². The molecule has 4 nitrogen and oxygen atoms in total. The molecule has 0 bridgehead atoms. The molecule has 100 valence electrons. The van der Waals surface area contributed by atoms with Crippen LogP contribution in [0.1, 0.15) is 26.2 Å². The van der Waals surface area contributed by atoms with Crippen molar-refractivity contribution in [1.82, 2.24) is 15.1 Å². The highest BCUT2D eigenvalue weighted by atomic mass is 16.2. The largest absolute Gasteiger partial charge is 0.336 e. The van der Waals surface area contributed by atoms with Gasteiger partial charge in [-0.3, -0.25) is 9.69 Å². The van der Waals surface area contributed by atoms with Gasteiger partial charge in [0.2, 0.25) is 5.91 Å². The van der Waals surface area contributed by atoms with Crippen LogP contribution in [0, 0.1) is 0 Å². The van der Waals surface area contributed by atoms with Gasteiger partial charge in [0, 0.05) is 44.3 Å². The van der Waals surface area contributed by atoms with Gasteiger partial charge in [0.05, 0.1) is 0 Å². The molecule has 1 amide bonds. The molecule has 0 aliphatic carbocycles. The second-order valence-corrected chi connectivity index (χ2v) is 5.77. The van der Waals surface area contributed by atoms with Gasteiger partial charge in [-0.15, -0.1) is 0 Å². The summed E-state index contributed by atoms with van der Waals surface area (Å²) in [5, 5.41) is 3.21. The van der Waals surface area contributed by atoms with E-state index >= 15 is 0 Å². The second-order valence-electron chi connectivity index (χ2n) is 5.77. The minimum absolute atomic E-state index is 0.275. The van der Waals surface area contributed by atoms with Gasteiger partial charge in [0.25, 0.3) is 0 Å². The Labute approximate surface area is 109 Å². The maximum absolute atomic E-state index is 12.4. The van der Waals surface area contributed by atoms with E-state index in [2.05, 4.69) is 15.1 Å². The Morgan fingerprint density at radius 2 is 2.06 bits per heavy atom. The Balaban J connectivity index is 1.65. The molecule has 3 aliphatic heterocycles. The van der Waals surface area contributed by atoms with E-state index in [1.54, 1.807) is 0 Å². The smallest absolute Gasteiger partial charge is 0.249 e. The minimum atomic E-state index is 0.275. The van der Waals surface area contributed by atoms with E-state index in [0.29, 0.717) is 6.04 Å². The summed E-state index contributed by atoms with van der Waals surface area (Å²) in [6, 6.07) is 0.619. The zero-order valence-corrected chi connectivity index (χ0v) is 11.2. The number of nitrogens with zero attached hydrogens (tertiary/aromatic N) is 2. The lowest BCUT2D eigenvalue weighted by atomic mass is 9.98. The number of fused-ring (bicyclic) bond motifs is 1. The van der Waals surface area contributed by atoms with E-state index in [4.69, 9.17) is 0 Å². The van der Waals surface area contributed by atoms with Gasteiger partial charge in [0.15, 0.2) is 0 Å². The quantitative estimate of drug-likeness (QED) is 0.691. The fourth-order valence-corrected chi connectivity index (χ4v) is 3.24. The summed E-state index contributed by atoms with van der Waals surface area (Å²) >= 11 is 0. The molecule has 3 fully saturated rings. The summed E-state index contributed by atoms with van der Waals surface area (Å²) in [5.74, 6) is 0.275. The summed E-state index contributed by atoms with van der Waals surface area (Å²) < 4.78 is 0. The van der Waals surface area contributed by atoms with Crippen molar-refractivity contribution in [2.45, 2.75) is 32.2 Å². The van der Waals surface area contributed by atoms with Crippen LogP contribution >= 0.6 is 0 Å². The van der Waals surface area contributed by atoms with E-state index in [-0.39, 0.29) is 5.91 Å². The SMILES string of the molecule is CC(C(=O)N1CCN2CCCCC2C1)=C1CNC1. The lowest BCUT2D eigenvalue weighted by Gasteiger charge is -2.44. The molecule has 3 aliphatic rings. The molecular weight excluding hydrogens is 226 g/mol. The molecule has 3 rings (SSSR count). The Morgan fingerprint density at radius 3 is 2.78 bits per heavy atom. The molecule has 1 unspecified atom stereocenters. The van der Waals surface area contributed by atoms with Crippen LogP contribution in [-0.4, -0.2) is 61.0 Å². The van der Waals surface area contributed by atoms with Gasteiger partial charge in [-0.1, -0.05) is 6.42 Å². The van der Waals surface area contributed by atoms with Crippen LogP contribution in [0.3, 0.4) is 0 Å². The van der Waals surface area contributed by atoms with Gasteiger partial charge in [-0.25, -0.2) is 0 Å². The molecule has 4 heteroatoms. The number of rotatable bonds is 1. The second kappa shape index (κ2) is 5.02. The zero-order chi connectivity index (χ0) is 12.5. The molecule has 3 saturated heterocycles. The normalized spacial score (nSPS) is 28.6. The molecule has 0 radical (unpaired) electrons. The number of hydrogen-bond acceptors (Lipinski definition) is 3. The first-order valence-electron chi connectivity index (χ1n) is 7.18. The monoisotopic (exact) mass is 249 g/mol. The van der Waals surface area contributed by atoms with Crippen molar-refractivity contribution in [3.05, 3.63) is 11.1 Å². The molecular formula is C14H23N3O. The van der Waals surface area contributed by atoms with Crippen LogP contribution < -0.4 is 5.32 Å². The Kier molecular flexibility index (Phi) is 3.39. The van der Waals surface area contributed by atoms with Crippen molar-refractivity contribution >= 4 is 5.91 Å². The molecule has 0 spiro atoms. The minimum Gasteiger partial charge on any atom is -0.336 e. The highest BCUT2D eigenvalue weighted by Crippen LogP contribution is 2.22. The summed E-state index contributed by atoms with van der Waals surface area (Å²) in [4.78, 5) is 17.1. The van der Waals surface area contributed by atoms with Gasteiger partial charge >= 0.3 is 0 Å². The predicted molar refractivity (Wildman–Crippen MR) is 71.4 cm³/mol. The summed E-state index contributed by atoms with van der Waals surface area (Å²) in [6.07, 6.45) is 3.92. The third-order valence-corrected chi connectivity index (χ3v) is 4.65. The Hall–Kier alpha value is -0.870. The first kappa shape index (κ1) is 12.2. The third kappa shape index (κ3) is 2.19. The predicted octanol–water partition coefficient (Wildman–Crippen LogP) is 0.603. The van der Waals surface area contributed by atoms with E-state index < -0.39 is 0 Å². The summed E-state index contributed by atoms with van der Waals surface area (Å²) in [5.41, 5.74) is 2.28. The van der Waals surface area contributed by atoms with Crippen molar-refractivity contribution in [2.75, 3.05) is 39.3 Å². The zero-order valence-electron chi connectivity index (χ0n) is 11.2. The highest BCUT2D eigenvalue weighted by Gasteiger charge is 2.32. The molecule has 18 heavy (non-hydrogen) atoms. The van der Waals surface area contributed by atoms with E-state index in [9.17, 15) is 4.79 Å². The highest BCUT2D eigenvalue weighted by molar-refractivity contribution is 5.94. The van der Waals surface area contributed by atoms with Crippen molar-refractivity contribution in [2.24, 2.45) is 0 Å². The number of hydrogen-bond donors (Lipinski definition) is 1. The van der Waals surface area contributed by atoms with Gasteiger partial charge in [-0.2, -0.15) is 0 Å². The van der Waals surface area contributed by atoms with E-state index in [1.165, 1.54) is 31.4 Å². The summed E-state index contributed by atoms with van der Waals surface area (Å²) in [7, 11) is 0. The maximum atomic E-state index is 12.4. The summed E-state index contributed by atoms with van der Waals surface area (Å²) in [6.45, 7) is 7.95. The van der Waals surface area contributed by atoms with E-state index in [0.717, 1.165) is 38.3 Å². The van der Waals surface area contributed by atoms with Crippen LogP contribution in [-0.2, 0) is 4.79 Å². The van der Waals surface area contributed by atoms with Crippen LogP contribution in [0.25, 0.3) is 0 Å². The first-order chi connectivity index (χ1) is 8.75. The molecule has 1 N–H and O–H groups in total. The Bertz CT molecular complexity index is 371. The first-order valence-corrected chi connectivity index (χ1v) is 7.18. The number of amides is 1. The fourth-order valence-electron chi connectivity index (χ4n) is 3.24. The average molecular weight is 249 g/mol. The molecule has 3 heterocycles. The fraction of sp³-hybridized carbons (Fsp3) is 0.786. The molecule has 1 atom stereocenters. The van der Waals surface area contributed by atoms with Gasteiger partial charge < -0.3 is 10.2 Å². The average Bonchev–Trinajstić information content (AvgIpc) is 2.35. The van der Waals surface area contributed by atoms with Gasteiger partial charge in [-0.05, 0) is 31.9 Å². The number of carbonyl (C=O) groups is 1. The van der Waals surface area contributed by atoms with Gasteiger partial charge in [0.1, 0.15) is 0 Å². The van der Waals surface area contributed by atoms with Crippen LogP contribution in [0.5, 0.6) is 0 Å². The van der Waals surface area contributed by atoms with Crippen LogP contribution in [0.4, 0.5) is 0 Å². The van der Waals surface area contributed by atoms with Crippen LogP contribution in [0.2, 0.25) is 0 Å². The number of carbonyl (C=O) groups excluding carboxylic acids is 1. The van der Waals surface area contributed by atoms with Crippen molar-refractivity contribution in [3.8, 4) is 0 Å². The number of nitrogens with one attached hydrogen (secondary N) is 1. The molecule has 0 aromatic rings. The molecule has 0 aromatic heterocycles. The van der Waals surface area contributed by atoms with Crippen LogP contribution in [0.15, 0.2) is 11.1 Å². The third-order valence-electron chi connectivity index (χ3n) is 4.65. The lowest BCUT2D eigenvalue weighted by Crippen LogP contribution is -2.56. The topological polar surface area (TPSA) is 35.6 Å². The number of piperazine rings is 1. The molecule has 0 aromatic carbocycles. The van der Waals surface area contributed by atoms with Crippen molar-refractivity contribution < 1.29 is 4.79 Å². The Morgan fingerprint density at radius 1 is 1.22 bits per heavy atom. The lowest BCUT2D eigenvalue weighted by molar-refractivity contribution is -0.130. The standard InChI is InChI=1S/C14H23N3O/c1-11(12-8-15-9-12)14(18)17-7-6-16-5-3-2-4-13(16)10-17/h13,15H,2-10H2,1H3. The molecule has 0 saturated carbocycles. The van der Waals surface area contributed by atoms with E-state index in [1.807, 2.05) is 6.92 Å². The number of piperidine rings is 1.